The van der Waals surface area contributed by atoms with Crippen molar-refractivity contribution >= 4 is 44.9 Å². The molecule has 4 fully saturated rings. The maximum Gasteiger partial charge on any atom is 0.408 e. The van der Waals surface area contributed by atoms with E-state index >= 15 is 0 Å². The predicted octanol–water partition coefficient (Wildman–Crippen LogP) is 4.76. The summed E-state index contributed by atoms with van der Waals surface area (Å²) in [5, 5.41) is 5.82. The summed E-state index contributed by atoms with van der Waals surface area (Å²) in [6.07, 6.45) is 13.7. The number of hydrogen-bond donors (Lipinski definition) is 3. The molecule has 3 aliphatic heterocycles. The topological polar surface area (TPSA) is 195 Å². The Hall–Kier alpha value is -4.47. The first kappa shape index (κ1) is 40.3. The van der Waals surface area contributed by atoms with Crippen LogP contribution in [0.2, 0.25) is 0 Å². The molecule has 7 atom stereocenters. The van der Waals surface area contributed by atoms with Crippen molar-refractivity contribution in [3.05, 3.63) is 36.0 Å². The van der Waals surface area contributed by atoms with Crippen LogP contribution in [0.25, 0.3) is 11.0 Å². The van der Waals surface area contributed by atoms with Crippen molar-refractivity contribution in [1.82, 2.24) is 30.2 Å². The molecule has 3 aliphatic carbocycles. The molecule has 0 radical (unpaired) electrons. The molecule has 16 heteroatoms. The first-order valence-corrected chi connectivity index (χ1v) is 22.7. The third kappa shape index (κ3) is 8.35. The second-order valence-corrected chi connectivity index (χ2v) is 19.7. The molecule has 0 spiro atoms. The van der Waals surface area contributed by atoms with Crippen LogP contribution in [-0.2, 0) is 35.6 Å². The van der Waals surface area contributed by atoms with Gasteiger partial charge >= 0.3 is 6.09 Å². The number of amides is 4. The number of benzene rings is 1. The fraction of sp³-hybridized carbons (Fsp3) is 0.667. The molecule has 1 aromatic heterocycles. The van der Waals surface area contributed by atoms with Crippen LogP contribution < -0.4 is 24.8 Å². The van der Waals surface area contributed by atoms with Crippen LogP contribution in [0.15, 0.2) is 30.4 Å². The molecule has 3 bridgehead atoms. The number of methoxy groups -OCH3 is 1. The first-order valence-electron chi connectivity index (χ1n) is 21.2. The van der Waals surface area contributed by atoms with E-state index in [4.69, 9.17) is 24.2 Å². The molecule has 314 valence electrons. The average Bonchev–Trinajstić information content (AvgIpc) is 4.00. The SMILES string of the molecule is COc1ccc2nc3c(nc2c1)O[C@@H]1C[C@H]2C(=O)N[C@]4(C(=O)NS(=O)(=O)C5(C)CC5)C[C@H]4/C=C\CCCCC[C@H](NC(=O)O[C@@H]4CCC[C@H]4CCCCC3)C(=O)N2C1. The number of aryl methyl sites for hydroxylation is 1. The van der Waals surface area contributed by atoms with Gasteiger partial charge in [0.25, 0.3) is 5.91 Å². The molecule has 1 aromatic carbocycles. The van der Waals surface area contributed by atoms with Gasteiger partial charge in [-0.3, -0.25) is 19.1 Å². The molecule has 1 saturated heterocycles. The lowest BCUT2D eigenvalue weighted by Crippen LogP contribution is -2.58. The number of carbonyl (C=O) groups is 4. The molecule has 4 heterocycles. The van der Waals surface area contributed by atoms with E-state index < -0.39 is 68.2 Å². The minimum absolute atomic E-state index is 0.00137. The van der Waals surface area contributed by atoms with Crippen LogP contribution >= 0.6 is 0 Å². The van der Waals surface area contributed by atoms with Gasteiger partial charge in [-0.25, -0.2) is 23.2 Å². The van der Waals surface area contributed by atoms with Crippen molar-refractivity contribution in [2.24, 2.45) is 11.8 Å². The number of fused-ring (bicyclic) bond motifs is 6. The highest BCUT2D eigenvalue weighted by Gasteiger charge is 2.63. The van der Waals surface area contributed by atoms with Gasteiger partial charge < -0.3 is 29.7 Å². The van der Waals surface area contributed by atoms with Crippen LogP contribution in [0, 0.1) is 11.8 Å². The fourth-order valence-electron chi connectivity index (χ4n) is 9.22. The molecule has 15 nitrogen and oxygen atoms in total. The van der Waals surface area contributed by atoms with E-state index in [1.807, 2.05) is 24.3 Å². The predicted molar refractivity (Wildman–Crippen MR) is 213 cm³/mol. The standard InChI is InChI=1S/C42H56N6O9S/c1-41(20-21-41)58(53,54)47-39(51)42-24-27(42)14-8-4-3-5-9-16-32-38(50)48-25-29(23-34(48)36(49)46-42)56-37-31(43-30-19-18-28(55-2)22-33(30)44-37)15-10-6-7-12-26-13-11-17-35(26)57-40(52)45-32/h8,14,18-19,22,26-27,29,32,34-35H,3-7,9-13,15-17,20-21,23-25H2,1-2H3,(H,45,52)(H,46,49)(H,47,51)/b14-8-/t26-,27-,29-,32+,34+,35-,42-/m1/s1. The van der Waals surface area contributed by atoms with Crippen LogP contribution in [0.5, 0.6) is 11.6 Å². The zero-order valence-corrected chi connectivity index (χ0v) is 34.3. The molecule has 3 N–H and O–H groups in total. The Morgan fingerprint density at radius 1 is 0.966 bits per heavy atom. The lowest BCUT2D eigenvalue weighted by molar-refractivity contribution is -0.141. The summed E-state index contributed by atoms with van der Waals surface area (Å²) in [6, 6.07) is 3.41. The van der Waals surface area contributed by atoms with Crippen LogP contribution in [0.3, 0.4) is 0 Å². The molecular formula is C42H56N6O9S. The van der Waals surface area contributed by atoms with E-state index in [2.05, 4.69) is 15.4 Å². The van der Waals surface area contributed by atoms with E-state index in [-0.39, 0.29) is 31.4 Å². The second kappa shape index (κ2) is 16.3. The number of aromatic nitrogens is 2. The van der Waals surface area contributed by atoms with Gasteiger partial charge in [0.15, 0.2) is 0 Å². The molecule has 6 aliphatic rings. The third-order valence-corrected chi connectivity index (χ3v) is 15.4. The number of alkyl carbamates (subject to hydrolysis) is 1. The van der Waals surface area contributed by atoms with Gasteiger partial charge in [0.05, 0.1) is 29.4 Å². The number of allylic oxidation sites excluding steroid dienone is 1. The monoisotopic (exact) mass is 820 g/mol. The minimum atomic E-state index is -3.99. The minimum Gasteiger partial charge on any atom is -0.497 e. The molecular weight excluding hydrogens is 765 g/mol. The molecule has 8 rings (SSSR count). The van der Waals surface area contributed by atoms with Gasteiger partial charge in [-0.05, 0) is 102 Å². The molecule has 4 amide bonds. The zero-order valence-electron chi connectivity index (χ0n) is 33.5. The van der Waals surface area contributed by atoms with Gasteiger partial charge in [-0.2, -0.15) is 0 Å². The van der Waals surface area contributed by atoms with Crippen molar-refractivity contribution in [1.29, 1.82) is 0 Å². The number of hydrogen-bond acceptors (Lipinski definition) is 11. The lowest BCUT2D eigenvalue weighted by atomic mass is 9.97. The van der Waals surface area contributed by atoms with Crippen molar-refractivity contribution < 1.29 is 41.8 Å². The van der Waals surface area contributed by atoms with Crippen molar-refractivity contribution in [3.8, 4) is 11.6 Å². The highest BCUT2D eigenvalue weighted by Crippen LogP contribution is 2.47. The average molecular weight is 821 g/mol. The summed E-state index contributed by atoms with van der Waals surface area (Å²) in [5.41, 5.74) is 0.437. The van der Waals surface area contributed by atoms with Gasteiger partial charge in [0, 0.05) is 18.4 Å². The maximum atomic E-state index is 14.7. The summed E-state index contributed by atoms with van der Waals surface area (Å²) in [7, 11) is -2.41. The highest BCUT2D eigenvalue weighted by atomic mass is 32.2. The quantitative estimate of drug-likeness (QED) is 0.360. The fourth-order valence-corrected chi connectivity index (χ4v) is 10.5. The van der Waals surface area contributed by atoms with Crippen LogP contribution in [-0.4, -0.2) is 95.3 Å². The van der Waals surface area contributed by atoms with Crippen LogP contribution in [0.4, 0.5) is 4.79 Å². The van der Waals surface area contributed by atoms with E-state index in [0.29, 0.717) is 66.9 Å². The molecule has 0 unspecified atom stereocenters. The number of carbonyl (C=O) groups excluding carboxylic acids is 4. The van der Waals surface area contributed by atoms with Crippen LogP contribution in [0.1, 0.15) is 115 Å². The maximum absolute atomic E-state index is 14.7. The van der Waals surface area contributed by atoms with Gasteiger partial charge in [0.1, 0.15) is 41.3 Å². The Morgan fingerprint density at radius 2 is 1.76 bits per heavy atom. The van der Waals surface area contributed by atoms with Crippen molar-refractivity contribution in [3.63, 3.8) is 0 Å². The Labute approximate surface area is 339 Å². The number of nitrogens with one attached hydrogen (secondary N) is 3. The van der Waals surface area contributed by atoms with E-state index in [1.54, 1.807) is 20.1 Å². The Balaban J connectivity index is 1.14. The van der Waals surface area contributed by atoms with Gasteiger partial charge in [0.2, 0.25) is 27.7 Å². The summed E-state index contributed by atoms with van der Waals surface area (Å²) < 4.78 is 45.8. The summed E-state index contributed by atoms with van der Waals surface area (Å²) in [6.45, 7) is 1.60. The third-order valence-electron chi connectivity index (χ3n) is 13.3. The van der Waals surface area contributed by atoms with Gasteiger partial charge in [-0.15, -0.1) is 0 Å². The van der Waals surface area contributed by atoms with E-state index in [9.17, 15) is 27.6 Å². The molecule has 3 saturated carbocycles. The number of nitrogens with zero attached hydrogens (tertiary/aromatic N) is 3. The normalized spacial score (nSPS) is 32.2. The van der Waals surface area contributed by atoms with Crippen molar-refractivity contribution in [2.75, 3.05) is 13.7 Å². The Kier molecular flexibility index (Phi) is 11.3. The zero-order chi connectivity index (χ0) is 40.7. The smallest absolute Gasteiger partial charge is 0.408 e. The molecule has 2 aromatic rings. The van der Waals surface area contributed by atoms with E-state index in [1.165, 1.54) is 4.90 Å². The summed E-state index contributed by atoms with van der Waals surface area (Å²) in [4.78, 5) is 68.1. The number of rotatable bonds is 4. The van der Waals surface area contributed by atoms with E-state index in [0.717, 1.165) is 57.8 Å². The Bertz CT molecular complexity index is 2070. The lowest BCUT2D eigenvalue weighted by Gasteiger charge is -2.30. The Morgan fingerprint density at radius 3 is 2.57 bits per heavy atom. The number of sulfonamides is 1. The highest BCUT2D eigenvalue weighted by molar-refractivity contribution is 7.91. The summed E-state index contributed by atoms with van der Waals surface area (Å²) >= 11 is 0. The first-order chi connectivity index (χ1) is 27.9. The molecule has 58 heavy (non-hydrogen) atoms. The van der Waals surface area contributed by atoms with Gasteiger partial charge in [-0.1, -0.05) is 37.8 Å². The summed E-state index contributed by atoms with van der Waals surface area (Å²) in [5.74, 6) is -1.10. The largest absolute Gasteiger partial charge is 0.497 e. The second-order valence-electron chi connectivity index (χ2n) is 17.5. The number of ether oxygens (including phenoxy) is 3. The van der Waals surface area contributed by atoms with Crippen molar-refractivity contribution in [2.45, 2.75) is 151 Å².